The molecule has 1 aromatic heterocycles. The lowest BCUT2D eigenvalue weighted by Gasteiger charge is -2.38. The van der Waals surface area contributed by atoms with Gasteiger partial charge in [0.15, 0.2) is 0 Å². The number of likely N-dealkylation sites (tertiary alicyclic amines) is 1. The standard InChI is InChI=1S/C17H18N2O2/c1-12-6-3-4-8-15(12)17(20)19-10-14(11-19)21-16-9-5-7-13(2)18-16/h3-9,14H,10-11H2,1-2H3. The van der Waals surface area contributed by atoms with Crippen molar-refractivity contribution in [3.63, 3.8) is 0 Å². The highest BCUT2D eigenvalue weighted by molar-refractivity contribution is 5.96. The van der Waals surface area contributed by atoms with Crippen molar-refractivity contribution >= 4 is 5.91 Å². The number of hydrogen-bond donors (Lipinski definition) is 0. The second-order valence-electron chi connectivity index (χ2n) is 5.38. The van der Waals surface area contributed by atoms with Gasteiger partial charge in [0, 0.05) is 17.3 Å². The largest absolute Gasteiger partial charge is 0.471 e. The van der Waals surface area contributed by atoms with Crippen molar-refractivity contribution in [2.24, 2.45) is 0 Å². The van der Waals surface area contributed by atoms with E-state index in [2.05, 4.69) is 4.98 Å². The number of carbonyl (C=O) groups excluding carboxylic acids is 1. The zero-order chi connectivity index (χ0) is 14.8. The molecule has 0 spiro atoms. The van der Waals surface area contributed by atoms with Crippen molar-refractivity contribution in [2.45, 2.75) is 20.0 Å². The Kier molecular flexibility index (Phi) is 3.60. The average molecular weight is 282 g/mol. The van der Waals surface area contributed by atoms with Crippen LogP contribution in [0.1, 0.15) is 21.6 Å². The van der Waals surface area contributed by atoms with Crippen molar-refractivity contribution in [3.05, 3.63) is 59.3 Å². The summed E-state index contributed by atoms with van der Waals surface area (Å²) in [5, 5.41) is 0. The van der Waals surface area contributed by atoms with Crippen LogP contribution in [0.4, 0.5) is 0 Å². The molecule has 2 aromatic rings. The van der Waals surface area contributed by atoms with Gasteiger partial charge >= 0.3 is 0 Å². The first-order chi connectivity index (χ1) is 10.1. The summed E-state index contributed by atoms with van der Waals surface area (Å²) in [5.41, 5.74) is 2.71. The zero-order valence-electron chi connectivity index (χ0n) is 12.2. The van der Waals surface area contributed by atoms with Crippen LogP contribution in [0.5, 0.6) is 5.88 Å². The molecule has 0 bridgehead atoms. The Bertz CT molecular complexity index is 663. The van der Waals surface area contributed by atoms with Gasteiger partial charge in [0.25, 0.3) is 5.91 Å². The molecule has 4 nitrogen and oxygen atoms in total. The van der Waals surface area contributed by atoms with Crippen molar-refractivity contribution in [1.29, 1.82) is 0 Å². The maximum atomic E-state index is 12.4. The Balaban J connectivity index is 1.59. The number of carbonyl (C=O) groups is 1. The first-order valence-corrected chi connectivity index (χ1v) is 7.09. The number of aromatic nitrogens is 1. The first kappa shape index (κ1) is 13.6. The van der Waals surface area contributed by atoms with Crippen molar-refractivity contribution < 1.29 is 9.53 Å². The number of nitrogens with zero attached hydrogens (tertiary/aromatic N) is 2. The minimum Gasteiger partial charge on any atom is -0.471 e. The number of pyridine rings is 1. The van der Waals surface area contributed by atoms with Gasteiger partial charge in [0.05, 0.1) is 13.1 Å². The molecule has 4 heteroatoms. The molecule has 2 heterocycles. The van der Waals surface area contributed by atoms with Gasteiger partial charge in [-0.1, -0.05) is 24.3 Å². The van der Waals surface area contributed by atoms with Crippen molar-refractivity contribution in [3.8, 4) is 5.88 Å². The lowest BCUT2D eigenvalue weighted by molar-refractivity contribution is 0.0159. The van der Waals surface area contributed by atoms with E-state index in [4.69, 9.17) is 4.74 Å². The number of amides is 1. The Morgan fingerprint density at radius 3 is 2.62 bits per heavy atom. The van der Waals surface area contributed by atoms with Crippen LogP contribution >= 0.6 is 0 Å². The van der Waals surface area contributed by atoms with Crippen LogP contribution in [0.15, 0.2) is 42.5 Å². The summed E-state index contributed by atoms with van der Waals surface area (Å²) in [7, 11) is 0. The summed E-state index contributed by atoms with van der Waals surface area (Å²) in [6.07, 6.45) is 0.0345. The maximum absolute atomic E-state index is 12.4. The lowest BCUT2D eigenvalue weighted by Crippen LogP contribution is -2.56. The van der Waals surface area contributed by atoms with Gasteiger partial charge in [-0.05, 0) is 31.5 Å². The Morgan fingerprint density at radius 1 is 1.14 bits per heavy atom. The third-order valence-corrected chi connectivity index (χ3v) is 3.66. The number of hydrogen-bond acceptors (Lipinski definition) is 3. The predicted molar refractivity (Wildman–Crippen MR) is 80.5 cm³/mol. The minimum atomic E-state index is 0.0345. The molecule has 0 unspecified atom stereocenters. The fraction of sp³-hybridized carbons (Fsp3) is 0.294. The van der Waals surface area contributed by atoms with Gasteiger partial charge in [0.1, 0.15) is 6.10 Å². The van der Waals surface area contributed by atoms with Gasteiger partial charge in [0.2, 0.25) is 5.88 Å². The molecular weight excluding hydrogens is 264 g/mol. The number of rotatable bonds is 3. The zero-order valence-corrected chi connectivity index (χ0v) is 12.2. The predicted octanol–water partition coefficient (Wildman–Crippen LogP) is 2.60. The normalized spacial score (nSPS) is 14.7. The summed E-state index contributed by atoms with van der Waals surface area (Å²) in [6.45, 7) is 5.12. The molecule has 3 rings (SSSR count). The molecule has 108 valence electrons. The number of ether oxygens (including phenoxy) is 1. The van der Waals surface area contributed by atoms with Crippen LogP contribution in [0.25, 0.3) is 0 Å². The van der Waals surface area contributed by atoms with Crippen LogP contribution in [0.3, 0.4) is 0 Å². The molecule has 1 amide bonds. The highest BCUT2D eigenvalue weighted by Crippen LogP contribution is 2.20. The smallest absolute Gasteiger partial charge is 0.254 e. The van der Waals surface area contributed by atoms with Crippen molar-refractivity contribution in [2.75, 3.05) is 13.1 Å². The summed E-state index contributed by atoms with van der Waals surface area (Å²) in [4.78, 5) is 18.5. The molecule has 21 heavy (non-hydrogen) atoms. The lowest BCUT2D eigenvalue weighted by atomic mass is 10.0. The van der Waals surface area contributed by atoms with Gasteiger partial charge in [-0.3, -0.25) is 4.79 Å². The molecule has 1 aromatic carbocycles. The highest BCUT2D eigenvalue weighted by atomic mass is 16.5. The molecular formula is C17H18N2O2. The van der Waals surface area contributed by atoms with Gasteiger partial charge < -0.3 is 9.64 Å². The third kappa shape index (κ3) is 2.89. The summed E-state index contributed by atoms with van der Waals surface area (Å²) in [5.74, 6) is 0.702. The van der Waals surface area contributed by atoms with E-state index in [1.165, 1.54) is 0 Å². The van der Waals surface area contributed by atoms with Crippen molar-refractivity contribution in [1.82, 2.24) is 9.88 Å². The minimum absolute atomic E-state index is 0.0345. The Labute approximate surface area is 124 Å². The monoisotopic (exact) mass is 282 g/mol. The maximum Gasteiger partial charge on any atom is 0.254 e. The van der Waals surface area contributed by atoms with E-state index in [1.54, 1.807) is 0 Å². The fourth-order valence-corrected chi connectivity index (χ4v) is 2.42. The van der Waals surface area contributed by atoms with E-state index in [1.807, 2.05) is 61.2 Å². The molecule has 1 aliphatic heterocycles. The van der Waals surface area contributed by atoms with E-state index in [0.29, 0.717) is 19.0 Å². The number of benzene rings is 1. The van der Waals surface area contributed by atoms with Crippen LogP contribution in [0, 0.1) is 13.8 Å². The highest BCUT2D eigenvalue weighted by Gasteiger charge is 2.33. The third-order valence-electron chi connectivity index (χ3n) is 3.66. The van der Waals surface area contributed by atoms with Crippen LogP contribution < -0.4 is 4.74 Å². The Morgan fingerprint density at radius 2 is 1.90 bits per heavy atom. The van der Waals surface area contributed by atoms with Crippen LogP contribution in [0.2, 0.25) is 0 Å². The molecule has 0 radical (unpaired) electrons. The fourth-order valence-electron chi connectivity index (χ4n) is 2.42. The van der Waals surface area contributed by atoms with Crippen LogP contribution in [-0.4, -0.2) is 35.0 Å². The second-order valence-corrected chi connectivity index (χ2v) is 5.38. The van der Waals surface area contributed by atoms with Gasteiger partial charge in [-0.15, -0.1) is 0 Å². The SMILES string of the molecule is Cc1cccc(OC2CN(C(=O)c3ccccc3C)C2)n1. The Hall–Kier alpha value is -2.36. The van der Waals surface area contributed by atoms with Gasteiger partial charge in [-0.25, -0.2) is 4.98 Å². The molecule has 0 N–H and O–H groups in total. The quantitative estimate of drug-likeness (QED) is 0.869. The van der Waals surface area contributed by atoms with E-state index in [0.717, 1.165) is 16.8 Å². The van der Waals surface area contributed by atoms with E-state index < -0.39 is 0 Å². The number of aryl methyl sites for hydroxylation is 2. The molecule has 1 saturated heterocycles. The topological polar surface area (TPSA) is 42.4 Å². The average Bonchev–Trinajstić information content (AvgIpc) is 2.42. The first-order valence-electron chi connectivity index (χ1n) is 7.09. The second kappa shape index (κ2) is 5.56. The summed E-state index contributed by atoms with van der Waals surface area (Å²) < 4.78 is 5.77. The molecule has 1 aliphatic rings. The molecule has 1 fully saturated rings. The molecule has 0 atom stereocenters. The molecule has 0 aliphatic carbocycles. The van der Waals surface area contributed by atoms with E-state index in [9.17, 15) is 4.79 Å². The van der Waals surface area contributed by atoms with E-state index >= 15 is 0 Å². The van der Waals surface area contributed by atoms with E-state index in [-0.39, 0.29) is 12.0 Å². The van der Waals surface area contributed by atoms with Gasteiger partial charge in [-0.2, -0.15) is 0 Å². The summed E-state index contributed by atoms with van der Waals surface area (Å²) >= 11 is 0. The summed E-state index contributed by atoms with van der Waals surface area (Å²) in [6, 6.07) is 13.4. The molecule has 0 saturated carbocycles. The van der Waals surface area contributed by atoms with Crippen LogP contribution in [-0.2, 0) is 0 Å².